The summed E-state index contributed by atoms with van der Waals surface area (Å²) in [5, 5.41) is 12.1. The molecule has 5 heteroatoms. The fraction of sp³-hybridized carbons (Fsp3) is 0.667. The number of aromatic amines is 1. The smallest absolute Gasteiger partial charge is 0.0725 e. The molecule has 0 saturated carbocycles. The molecule has 2 rings (SSSR count). The monoisotopic (exact) mass is 196 g/mol. The normalized spacial score (nSPS) is 19.8. The lowest BCUT2D eigenvalue weighted by atomic mass is 10.1. The zero-order chi connectivity index (χ0) is 9.80. The number of hydrogen-bond acceptors (Lipinski definition) is 4. The number of nitrogens with zero attached hydrogens (tertiary/aromatic N) is 2. The van der Waals surface area contributed by atoms with Crippen molar-refractivity contribution in [2.75, 3.05) is 25.5 Å². The highest BCUT2D eigenvalue weighted by Crippen LogP contribution is 2.14. The molecule has 1 aliphatic heterocycles. The summed E-state index contributed by atoms with van der Waals surface area (Å²) < 4.78 is 0. The third kappa shape index (κ3) is 2.24. The molecule has 0 aromatic carbocycles. The molecule has 14 heavy (non-hydrogen) atoms. The summed E-state index contributed by atoms with van der Waals surface area (Å²) in [6, 6.07) is 0.541. The molecule has 5 nitrogen and oxygen atoms in total. The Morgan fingerprint density at radius 1 is 1.57 bits per heavy atom. The molecule has 1 saturated heterocycles. The molecule has 1 aliphatic rings. The SMILES string of the molecule is CON1CCC(Nc2cn[nH]c2)CC1. The predicted octanol–water partition coefficient (Wildman–Crippen LogP) is 0.847. The summed E-state index contributed by atoms with van der Waals surface area (Å²) in [5.41, 5.74) is 1.07. The minimum atomic E-state index is 0.541. The van der Waals surface area contributed by atoms with Crippen molar-refractivity contribution in [2.45, 2.75) is 18.9 Å². The molecule has 1 aromatic heterocycles. The molecule has 2 N–H and O–H groups in total. The summed E-state index contributed by atoms with van der Waals surface area (Å²) in [4.78, 5) is 5.16. The lowest BCUT2D eigenvalue weighted by molar-refractivity contribution is -0.142. The van der Waals surface area contributed by atoms with Crippen molar-refractivity contribution in [2.24, 2.45) is 0 Å². The highest BCUT2D eigenvalue weighted by Gasteiger charge is 2.18. The van der Waals surface area contributed by atoms with E-state index in [4.69, 9.17) is 4.84 Å². The minimum absolute atomic E-state index is 0.541. The van der Waals surface area contributed by atoms with Gasteiger partial charge in [0.25, 0.3) is 0 Å². The zero-order valence-corrected chi connectivity index (χ0v) is 8.36. The molecule has 0 aliphatic carbocycles. The first kappa shape index (κ1) is 9.48. The van der Waals surface area contributed by atoms with E-state index >= 15 is 0 Å². The Morgan fingerprint density at radius 2 is 2.36 bits per heavy atom. The van der Waals surface area contributed by atoms with Crippen molar-refractivity contribution in [1.82, 2.24) is 15.3 Å². The third-order valence-corrected chi connectivity index (χ3v) is 2.58. The van der Waals surface area contributed by atoms with Gasteiger partial charge in [0.05, 0.1) is 19.0 Å². The molecule has 78 valence electrons. The Labute approximate surface area is 83.4 Å². The van der Waals surface area contributed by atoms with Crippen LogP contribution in [0.15, 0.2) is 12.4 Å². The van der Waals surface area contributed by atoms with E-state index in [1.807, 2.05) is 17.5 Å². The van der Waals surface area contributed by atoms with Gasteiger partial charge in [-0.25, -0.2) is 0 Å². The van der Waals surface area contributed by atoms with Crippen molar-refractivity contribution in [1.29, 1.82) is 0 Å². The minimum Gasteiger partial charge on any atom is -0.380 e. The summed E-state index contributed by atoms with van der Waals surface area (Å²) >= 11 is 0. The number of aromatic nitrogens is 2. The standard InChI is InChI=1S/C9H16N4O/c1-14-13-4-2-8(3-5-13)12-9-6-10-11-7-9/h6-8,12H,2-5H2,1H3,(H,10,11). The Hall–Kier alpha value is -1.07. The van der Waals surface area contributed by atoms with Crippen LogP contribution in [-0.4, -0.2) is 41.5 Å². The van der Waals surface area contributed by atoms with Crippen molar-refractivity contribution in [3.8, 4) is 0 Å². The summed E-state index contributed by atoms with van der Waals surface area (Å²) in [5.74, 6) is 0. The third-order valence-electron chi connectivity index (χ3n) is 2.58. The number of nitrogens with one attached hydrogen (secondary N) is 2. The Kier molecular flexibility index (Phi) is 3.00. The number of hydrogen-bond donors (Lipinski definition) is 2. The van der Waals surface area contributed by atoms with Crippen LogP contribution in [0.1, 0.15) is 12.8 Å². The van der Waals surface area contributed by atoms with E-state index in [9.17, 15) is 0 Å². The van der Waals surface area contributed by atoms with E-state index in [0.717, 1.165) is 31.6 Å². The summed E-state index contributed by atoms with van der Waals surface area (Å²) in [6.07, 6.45) is 5.91. The van der Waals surface area contributed by atoms with E-state index in [-0.39, 0.29) is 0 Å². The highest BCUT2D eigenvalue weighted by atomic mass is 16.7. The van der Waals surface area contributed by atoms with Crippen LogP contribution in [0.4, 0.5) is 5.69 Å². The topological polar surface area (TPSA) is 53.2 Å². The van der Waals surface area contributed by atoms with Gasteiger partial charge in [0.15, 0.2) is 0 Å². The van der Waals surface area contributed by atoms with Crippen molar-refractivity contribution in [3.63, 3.8) is 0 Å². The molecule has 0 bridgehead atoms. The Balaban J connectivity index is 1.79. The number of rotatable bonds is 3. The van der Waals surface area contributed by atoms with Crippen molar-refractivity contribution in [3.05, 3.63) is 12.4 Å². The van der Waals surface area contributed by atoms with Gasteiger partial charge < -0.3 is 10.2 Å². The first-order chi connectivity index (χ1) is 6.88. The molecule has 1 aromatic rings. The predicted molar refractivity (Wildman–Crippen MR) is 53.8 cm³/mol. The average molecular weight is 196 g/mol. The fourth-order valence-corrected chi connectivity index (χ4v) is 1.75. The van der Waals surface area contributed by atoms with Gasteiger partial charge in [-0.05, 0) is 12.8 Å². The first-order valence-corrected chi connectivity index (χ1v) is 4.93. The van der Waals surface area contributed by atoms with E-state index < -0.39 is 0 Å². The molecule has 0 atom stereocenters. The summed E-state index contributed by atoms with van der Waals surface area (Å²) in [7, 11) is 1.73. The largest absolute Gasteiger partial charge is 0.380 e. The molecule has 0 unspecified atom stereocenters. The fourth-order valence-electron chi connectivity index (χ4n) is 1.75. The second-order valence-corrected chi connectivity index (χ2v) is 3.52. The van der Waals surface area contributed by atoms with Gasteiger partial charge >= 0.3 is 0 Å². The Bertz CT molecular complexity index is 254. The Morgan fingerprint density at radius 3 is 2.93 bits per heavy atom. The second-order valence-electron chi connectivity index (χ2n) is 3.52. The molecule has 0 spiro atoms. The zero-order valence-electron chi connectivity index (χ0n) is 8.36. The average Bonchev–Trinajstić information content (AvgIpc) is 2.72. The summed E-state index contributed by atoms with van der Waals surface area (Å²) in [6.45, 7) is 1.98. The lowest BCUT2D eigenvalue weighted by Crippen LogP contribution is -2.38. The van der Waals surface area contributed by atoms with Crippen molar-refractivity contribution < 1.29 is 4.84 Å². The molecular weight excluding hydrogens is 180 g/mol. The van der Waals surface area contributed by atoms with Crippen molar-refractivity contribution >= 4 is 5.69 Å². The van der Waals surface area contributed by atoms with Crippen LogP contribution in [0.25, 0.3) is 0 Å². The second kappa shape index (κ2) is 4.43. The number of hydroxylamine groups is 2. The lowest BCUT2D eigenvalue weighted by Gasteiger charge is -2.30. The number of H-pyrrole nitrogens is 1. The van der Waals surface area contributed by atoms with Crippen LogP contribution >= 0.6 is 0 Å². The van der Waals surface area contributed by atoms with E-state index in [0.29, 0.717) is 6.04 Å². The van der Waals surface area contributed by atoms with Gasteiger partial charge in [-0.1, -0.05) is 0 Å². The quantitative estimate of drug-likeness (QED) is 0.752. The van der Waals surface area contributed by atoms with Gasteiger partial charge in [0, 0.05) is 25.3 Å². The maximum absolute atomic E-state index is 5.16. The molecular formula is C9H16N4O. The maximum atomic E-state index is 5.16. The van der Waals surface area contributed by atoms with Crippen LogP contribution in [0, 0.1) is 0 Å². The molecule has 0 radical (unpaired) electrons. The van der Waals surface area contributed by atoms with Crippen LogP contribution in [0.3, 0.4) is 0 Å². The van der Waals surface area contributed by atoms with Crippen LogP contribution in [-0.2, 0) is 4.84 Å². The van der Waals surface area contributed by atoms with Gasteiger partial charge in [-0.3, -0.25) is 5.10 Å². The number of anilines is 1. The highest BCUT2D eigenvalue weighted by molar-refractivity contribution is 5.38. The van der Waals surface area contributed by atoms with E-state index in [2.05, 4.69) is 15.5 Å². The maximum Gasteiger partial charge on any atom is 0.0725 e. The molecule has 1 fully saturated rings. The molecule has 0 amide bonds. The van der Waals surface area contributed by atoms with Gasteiger partial charge in [-0.2, -0.15) is 10.2 Å². The van der Waals surface area contributed by atoms with Gasteiger partial charge in [0.2, 0.25) is 0 Å². The van der Waals surface area contributed by atoms with Crippen LogP contribution in [0.2, 0.25) is 0 Å². The van der Waals surface area contributed by atoms with Gasteiger partial charge in [0.1, 0.15) is 0 Å². The first-order valence-electron chi connectivity index (χ1n) is 4.93. The molecule has 2 heterocycles. The number of piperidine rings is 1. The van der Waals surface area contributed by atoms with Gasteiger partial charge in [-0.15, -0.1) is 0 Å². The van der Waals surface area contributed by atoms with Crippen LogP contribution in [0.5, 0.6) is 0 Å². The van der Waals surface area contributed by atoms with Crippen LogP contribution < -0.4 is 5.32 Å². The van der Waals surface area contributed by atoms with E-state index in [1.54, 1.807) is 7.11 Å². The van der Waals surface area contributed by atoms with E-state index in [1.165, 1.54) is 0 Å².